The van der Waals surface area contributed by atoms with Crippen LogP contribution in [0.5, 0.6) is 0 Å². The molecule has 0 unspecified atom stereocenters. The number of carbonyl (C=O) groups is 1. The zero-order valence-electron chi connectivity index (χ0n) is 17.9. The van der Waals surface area contributed by atoms with E-state index in [4.69, 9.17) is 14.9 Å². The van der Waals surface area contributed by atoms with E-state index in [-0.39, 0.29) is 29.9 Å². The van der Waals surface area contributed by atoms with E-state index >= 15 is 0 Å². The highest BCUT2D eigenvalue weighted by Crippen LogP contribution is 2.27. The van der Waals surface area contributed by atoms with E-state index in [9.17, 15) is 4.79 Å². The Labute approximate surface area is 187 Å². The van der Waals surface area contributed by atoms with E-state index in [1.165, 1.54) is 0 Å². The summed E-state index contributed by atoms with van der Waals surface area (Å²) in [5.74, 6) is 1.38. The van der Waals surface area contributed by atoms with Crippen molar-refractivity contribution in [1.29, 1.82) is 0 Å². The maximum atomic E-state index is 13.0. The minimum atomic E-state index is -0.262. The SMILES string of the molecule is CC(C)c1nc(-c2cccc(NC(=O)Cn3c(-c4nonc4N)nc4ccccc43)c2)no1. The molecule has 5 aromatic rings. The van der Waals surface area contributed by atoms with E-state index in [0.29, 0.717) is 28.7 Å². The molecule has 3 heterocycles. The Bertz CT molecular complexity index is 1450. The van der Waals surface area contributed by atoms with Gasteiger partial charge in [-0.25, -0.2) is 9.61 Å². The molecule has 0 saturated carbocycles. The van der Waals surface area contributed by atoms with E-state index in [0.717, 1.165) is 11.1 Å². The number of carbonyl (C=O) groups excluding carboxylic acids is 1. The molecule has 0 saturated heterocycles. The number of imidazole rings is 1. The number of hydrogen-bond acceptors (Lipinski definition) is 9. The van der Waals surface area contributed by atoms with Crippen molar-refractivity contribution in [3.05, 3.63) is 54.4 Å². The number of nitrogens with two attached hydrogens (primary N) is 1. The fraction of sp³-hybridized carbons (Fsp3) is 0.182. The van der Waals surface area contributed by atoms with Gasteiger partial charge in [0.1, 0.15) is 6.54 Å². The monoisotopic (exact) mass is 444 g/mol. The van der Waals surface area contributed by atoms with Crippen molar-refractivity contribution in [3.63, 3.8) is 0 Å². The molecule has 0 bridgehead atoms. The van der Waals surface area contributed by atoms with Crippen molar-refractivity contribution in [2.45, 2.75) is 26.3 Å². The van der Waals surface area contributed by atoms with Crippen molar-refractivity contribution in [2.24, 2.45) is 0 Å². The molecule has 0 atom stereocenters. The summed E-state index contributed by atoms with van der Waals surface area (Å²) in [6, 6.07) is 14.7. The highest BCUT2D eigenvalue weighted by Gasteiger charge is 2.21. The van der Waals surface area contributed by atoms with Crippen LogP contribution in [-0.2, 0) is 11.3 Å². The number of para-hydroxylation sites is 2. The number of nitrogen functional groups attached to an aromatic ring is 1. The number of aromatic nitrogens is 6. The first kappa shape index (κ1) is 20.4. The third-order valence-corrected chi connectivity index (χ3v) is 5.02. The van der Waals surface area contributed by atoms with Crippen molar-refractivity contribution < 1.29 is 13.9 Å². The van der Waals surface area contributed by atoms with Gasteiger partial charge in [-0.1, -0.05) is 43.3 Å². The van der Waals surface area contributed by atoms with Crippen LogP contribution in [0.1, 0.15) is 25.7 Å². The molecule has 5 rings (SSSR count). The number of rotatable bonds is 6. The quantitative estimate of drug-likeness (QED) is 0.401. The molecule has 166 valence electrons. The van der Waals surface area contributed by atoms with Gasteiger partial charge in [0, 0.05) is 17.2 Å². The summed E-state index contributed by atoms with van der Waals surface area (Å²) >= 11 is 0. The molecule has 0 fully saturated rings. The lowest BCUT2D eigenvalue weighted by atomic mass is 10.2. The van der Waals surface area contributed by atoms with Crippen LogP contribution < -0.4 is 11.1 Å². The largest absolute Gasteiger partial charge is 0.379 e. The highest BCUT2D eigenvalue weighted by atomic mass is 16.6. The fourth-order valence-electron chi connectivity index (χ4n) is 3.43. The summed E-state index contributed by atoms with van der Waals surface area (Å²) in [6.45, 7) is 3.93. The average Bonchev–Trinajstić information content (AvgIpc) is 3.53. The highest BCUT2D eigenvalue weighted by molar-refractivity contribution is 5.93. The third kappa shape index (κ3) is 3.91. The number of amides is 1. The lowest BCUT2D eigenvalue weighted by Crippen LogP contribution is -2.19. The normalized spacial score (nSPS) is 11.4. The first-order valence-corrected chi connectivity index (χ1v) is 10.3. The Morgan fingerprint density at radius 1 is 1.09 bits per heavy atom. The molecule has 2 aromatic carbocycles. The van der Waals surface area contributed by atoms with Crippen molar-refractivity contribution in [3.8, 4) is 22.9 Å². The van der Waals surface area contributed by atoms with Crippen LogP contribution in [0.3, 0.4) is 0 Å². The van der Waals surface area contributed by atoms with Gasteiger partial charge in [-0.15, -0.1) is 0 Å². The predicted octanol–water partition coefficient (Wildman–Crippen LogP) is 3.48. The number of hydrogen-bond donors (Lipinski definition) is 2. The number of fused-ring (bicyclic) bond motifs is 1. The maximum absolute atomic E-state index is 13.0. The van der Waals surface area contributed by atoms with E-state index in [1.54, 1.807) is 16.7 Å². The smallest absolute Gasteiger partial charge is 0.244 e. The summed E-state index contributed by atoms with van der Waals surface area (Å²) in [6.07, 6.45) is 0. The Morgan fingerprint density at radius 2 is 1.94 bits per heavy atom. The standard InChI is InChI=1S/C22H20N8O3/c1-12(2)22-26-20(29-32-22)13-6-5-7-14(10-13)24-17(31)11-30-16-9-4-3-8-15(16)25-21(30)18-19(23)28-33-27-18/h3-10,12H,11H2,1-2H3,(H2,23,28)(H,24,31). The minimum absolute atomic E-state index is 0.0217. The van der Waals surface area contributed by atoms with Crippen molar-refractivity contribution >= 4 is 28.4 Å². The van der Waals surface area contributed by atoms with Gasteiger partial charge in [-0.2, -0.15) is 4.98 Å². The predicted molar refractivity (Wildman–Crippen MR) is 120 cm³/mol. The molecule has 11 heteroatoms. The van der Waals surface area contributed by atoms with E-state index < -0.39 is 0 Å². The topological polar surface area (TPSA) is 151 Å². The molecule has 0 spiro atoms. The van der Waals surface area contributed by atoms with Gasteiger partial charge in [-0.3, -0.25) is 4.79 Å². The van der Waals surface area contributed by atoms with Crippen molar-refractivity contribution in [1.82, 2.24) is 30.0 Å². The van der Waals surface area contributed by atoms with Crippen LogP contribution >= 0.6 is 0 Å². The first-order valence-electron chi connectivity index (χ1n) is 10.3. The lowest BCUT2D eigenvalue weighted by molar-refractivity contribution is -0.116. The Morgan fingerprint density at radius 3 is 2.70 bits per heavy atom. The van der Waals surface area contributed by atoms with E-state index in [1.807, 2.05) is 50.2 Å². The molecule has 0 radical (unpaired) electrons. The summed E-state index contributed by atoms with van der Waals surface area (Å²) in [5.41, 5.74) is 8.93. The summed E-state index contributed by atoms with van der Waals surface area (Å²) in [4.78, 5) is 21.9. The van der Waals surface area contributed by atoms with E-state index in [2.05, 4.69) is 30.8 Å². The Hall–Kier alpha value is -4.54. The average molecular weight is 444 g/mol. The summed E-state index contributed by atoms with van der Waals surface area (Å²) in [5, 5.41) is 14.4. The second-order valence-corrected chi connectivity index (χ2v) is 7.75. The molecule has 0 aliphatic carbocycles. The number of nitrogens with one attached hydrogen (secondary N) is 1. The second kappa shape index (κ2) is 8.19. The summed E-state index contributed by atoms with van der Waals surface area (Å²) < 4.78 is 11.7. The zero-order chi connectivity index (χ0) is 22.9. The van der Waals surface area contributed by atoms with Crippen LogP contribution in [-0.4, -0.2) is 35.9 Å². The molecule has 0 aliphatic heterocycles. The molecule has 11 nitrogen and oxygen atoms in total. The third-order valence-electron chi connectivity index (χ3n) is 5.02. The summed E-state index contributed by atoms with van der Waals surface area (Å²) in [7, 11) is 0. The zero-order valence-corrected chi connectivity index (χ0v) is 17.9. The van der Waals surface area contributed by atoms with Gasteiger partial charge in [-0.05, 0) is 34.6 Å². The first-order chi connectivity index (χ1) is 16.0. The van der Waals surface area contributed by atoms with Gasteiger partial charge >= 0.3 is 0 Å². The lowest BCUT2D eigenvalue weighted by Gasteiger charge is -2.09. The van der Waals surface area contributed by atoms with Crippen LogP contribution in [0.25, 0.3) is 33.9 Å². The number of benzene rings is 2. The number of anilines is 2. The fourth-order valence-corrected chi connectivity index (χ4v) is 3.43. The molecular formula is C22H20N8O3. The minimum Gasteiger partial charge on any atom is -0.379 e. The second-order valence-electron chi connectivity index (χ2n) is 7.75. The molecule has 1 amide bonds. The van der Waals surface area contributed by atoms with Gasteiger partial charge in [0.25, 0.3) is 0 Å². The van der Waals surface area contributed by atoms with Gasteiger partial charge in [0.05, 0.1) is 11.0 Å². The van der Waals surface area contributed by atoms with Gasteiger partial charge in [0.15, 0.2) is 17.3 Å². The van der Waals surface area contributed by atoms with Gasteiger partial charge < -0.3 is 20.1 Å². The number of nitrogens with zero attached hydrogens (tertiary/aromatic N) is 6. The van der Waals surface area contributed by atoms with Crippen LogP contribution in [0.4, 0.5) is 11.5 Å². The molecule has 0 aliphatic rings. The molecule has 3 N–H and O–H groups in total. The van der Waals surface area contributed by atoms with Crippen molar-refractivity contribution in [2.75, 3.05) is 11.1 Å². The Balaban J connectivity index is 1.42. The van der Waals surface area contributed by atoms with Crippen LogP contribution in [0, 0.1) is 0 Å². The maximum Gasteiger partial charge on any atom is 0.244 e. The Kier molecular flexibility index (Phi) is 5.05. The molecule has 3 aromatic heterocycles. The molecule has 33 heavy (non-hydrogen) atoms. The van der Waals surface area contributed by atoms with Crippen LogP contribution in [0.15, 0.2) is 57.7 Å². The van der Waals surface area contributed by atoms with Gasteiger partial charge in [0.2, 0.25) is 17.6 Å². The molecular weight excluding hydrogens is 424 g/mol. The van der Waals surface area contributed by atoms with Crippen LogP contribution in [0.2, 0.25) is 0 Å².